The number of hydrogen-bond donors (Lipinski definition) is 2. The van der Waals surface area contributed by atoms with Crippen LogP contribution in [0, 0.1) is 11.3 Å². The highest BCUT2D eigenvalue weighted by Gasteiger charge is 2.36. The molecule has 0 bridgehead atoms. The van der Waals surface area contributed by atoms with Gasteiger partial charge in [0.15, 0.2) is 0 Å². The molecular formula is C12H11ClF3N3O. The van der Waals surface area contributed by atoms with Crippen molar-refractivity contribution in [2.45, 2.75) is 24.9 Å². The minimum Gasteiger partial charge on any atom is -0.372 e. The van der Waals surface area contributed by atoms with Crippen molar-refractivity contribution in [3.8, 4) is 6.07 Å². The van der Waals surface area contributed by atoms with E-state index >= 15 is 0 Å². The minimum absolute atomic E-state index is 0.207. The molecule has 108 valence electrons. The third-order valence-electron chi connectivity index (χ3n) is 3.26. The number of hydrogen-bond acceptors (Lipinski definition) is 4. The Balaban J connectivity index is 2.38. The van der Waals surface area contributed by atoms with Crippen LogP contribution in [0.15, 0.2) is 18.2 Å². The molecule has 0 amide bonds. The van der Waals surface area contributed by atoms with Crippen LogP contribution in [0.5, 0.6) is 0 Å². The van der Waals surface area contributed by atoms with E-state index in [4.69, 9.17) is 17.0 Å². The lowest BCUT2D eigenvalue weighted by molar-refractivity contribution is -0.137. The Morgan fingerprint density at radius 3 is 2.65 bits per heavy atom. The predicted octanol–water partition coefficient (Wildman–Crippen LogP) is 2.22. The van der Waals surface area contributed by atoms with E-state index in [9.17, 15) is 18.3 Å². The van der Waals surface area contributed by atoms with E-state index in [0.717, 1.165) is 12.1 Å². The molecule has 1 aliphatic rings. The first kappa shape index (κ1) is 14.9. The van der Waals surface area contributed by atoms with Crippen molar-refractivity contribution in [2.75, 3.05) is 11.4 Å². The largest absolute Gasteiger partial charge is 0.417 e. The number of benzene rings is 1. The van der Waals surface area contributed by atoms with Crippen LogP contribution in [0.25, 0.3) is 0 Å². The maximum Gasteiger partial charge on any atom is 0.417 e. The number of alkyl halides is 3. The second-order valence-corrected chi connectivity index (χ2v) is 4.67. The van der Waals surface area contributed by atoms with Crippen LogP contribution in [0.4, 0.5) is 18.9 Å². The number of halogens is 4. The summed E-state index contributed by atoms with van der Waals surface area (Å²) >= 11 is 5.45. The molecule has 0 aromatic heterocycles. The SMILES string of the molecule is N#Cc1ccc(N2CCC(NCl)C2O)cc1C(F)(F)F. The summed E-state index contributed by atoms with van der Waals surface area (Å²) in [4.78, 5) is 3.80. The quantitative estimate of drug-likeness (QED) is 0.823. The lowest BCUT2D eigenvalue weighted by atomic mass is 10.1. The van der Waals surface area contributed by atoms with Crippen LogP contribution in [-0.4, -0.2) is 23.9 Å². The normalized spacial score (nSPS) is 22.9. The van der Waals surface area contributed by atoms with Crippen LogP contribution < -0.4 is 9.74 Å². The Morgan fingerprint density at radius 1 is 1.45 bits per heavy atom. The molecule has 1 aromatic carbocycles. The number of nitrogens with zero attached hydrogens (tertiary/aromatic N) is 2. The zero-order valence-corrected chi connectivity index (χ0v) is 10.9. The first-order valence-corrected chi connectivity index (χ1v) is 6.18. The molecular weight excluding hydrogens is 295 g/mol. The van der Waals surface area contributed by atoms with Gasteiger partial charge in [-0.15, -0.1) is 0 Å². The molecule has 0 spiro atoms. The maximum atomic E-state index is 12.9. The van der Waals surface area contributed by atoms with E-state index in [0.29, 0.717) is 13.0 Å². The summed E-state index contributed by atoms with van der Waals surface area (Å²) in [5.41, 5.74) is -1.24. The highest BCUT2D eigenvalue weighted by molar-refractivity contribution is 6.13. The van der Waals surface area contributed by atoms with Crippen molar-refractivity contribution in [3.63, 3.8) is 0 Å². The molecule has 1 aromatic rings. The number of nitrogens with one attached hydrogen (secondary N) is 1. The lowest BCUT2D eigenvalue weighted by Crippen LogP contribution is -2.39. The van der Waals surface area contributed by atoms with Gasteiger partial charge in [0, 0.05) is 12.2 Å². The van der Waals surface area contributed by atoms with Gasteiger partial charge in [0.25, 0.3) is 0 Å². The Morgan fingerprint density at radius 2 is 2.15 bits per heavy atom. The zero-order valence-electron chi connectivity index (χ0n) is 10.2. The van der Waals surface area contributed by atoms with Gasteiger partial charge in [0.1, 0.15) is 6.23 Å². The highest BCUT2D eigenvalue weighted by Crippen LogP contribution is 2.35. The van der Waals surface area contributed by atoms with E-state index in [1.54, 1.807) is 0 Å². The smallest absolute Gasteiger partial charge is 0.372 e. The van der Waals surface area contributed by atoms with Gasteiger partial charge < -0.3 is 10.0 Å². The molecule has 1 saturated heterocycles. The van der Waals surface area contributed by atoms with Crippen molar-refractivity contribution < 1.29 is 18.3 Å². The highest BCUT2D eigenvalue weighted by atomic mass is 35.5. The monoisotopic (exact) mass is 305 g/mol. The summed E-state index contributed by atoms with van der Waals surface area (Å²) in [5.74, 6) is 0. The van der Waals surface area contributed by atoms with Gasteiger partial charge in [0.2, 0.25) is 0 Å². The number of aliphatic hydroxyl groups excluding tert-OH is 1. The van der Waals surface area contributed by atoms with Gasteiger partial charge in [-0.3, -0.25) is 0 Å². The Labute approximate surface area is 118 Å². The second-order valence-electron chi connectivity index (χ2n) is 4.45. The van der Waals surface area contributed by atoms with Gasteiger partial charge >= 0.3 is 6.18 Å². The van der Waals surface area contributed by atoms with Crippen LogP contribution in [0.3, 0.4) is 0 Å². The van der Waals surface area contributed by atoms with Crippen molar-refractivity contribution in [1.29, 1.82) is 5.26 Å². The first-order chi connectivity index (χ1) is 9.38. The summed E-state index contributed by atoms with van der Waals surface area (Å²) in [6.07, 6.45) is -5.12. The van der Waals surface area contributed by atoms with Gasteiger partial charge in [-0.1, -0.05) is 0 Å². The lowest BCUT2D eigenvalue weighted by Gasteiger charge is -2.25. The molecule has 2 unspecified atom stereocenters. The van der Waals surface area contributed by atoms with Crippen molar-refractivity contribution in [2.24, 2.45) is 0 Å². The van der Waals surface area contributed by atoms with Crippen LogP contribution in [0.1, 0.15) is 17.5 Å². The van der Waals surface area contributed by atoms with E-state index in [-0.39, 0.29) is 5.69 Å². The molecule has 2 rings (SSSR count). The van der Waals surface area contributed by atoms with E-state index < -0.39 is 29.6 Å². The Kier molecular flexibility index (Phi) is 4.09. The maximum absolute atomic E-state index is 12.9. The van der Waals surface area contributed by atoms with Crippen molar-refractivity contribution >= 4 is 17.5 Å². The van der Waals surface area contributed by atoms with Gasteiger partial charge in [0.05, 0.1) is 23.2 Å². The average Bonchev–Trinajstić information content (AvgIpc) is 2.78. The minimum atomic E-state index is -4.62. The van der Waals surface area contributed by atoms with E-state index in [1.807, 2.05) is 0 Å². The summed E-state index contributed by atoms with van der Waals surface area (Å²) < 4.78 is 38.6. The number of rotatable bonds is 2. The fraction of sp³-hybridized carbons (Fsp3) is 0.417. The molecule has 0 aliphatic carbocycles. The van der Waals surface area contributed by atoms with E-state index in [1.165, 1.54) is 17.0 Å². The molecule has 0 saturated carbocycles. The molecule has 20 heavy (non-hydrogen) atoms. The van der Waals surface area contributed by atoms with Crippen molar-refractivity contribution in [1.82, 2.24) is 4.84 Å². The Bertz CT molecular complexity index is 544. The van der Waals surface area contributed by atoms with Crippen LogP contribution in [-0.2, 0) is 6.18 Å². The number of aliphatic hydroxyl groups is 1. The van der Waals surface area contributed by atoms with Gasteiger partial charge in [-0.25, -0.2) is 4.84 Å². The zero-order chi connectivity index (χ0) is 14.9. The molecule has 1 aliphatic heterocycles. The molecule has 1 heterocycles. The molecule has 4 nitrogen and oxygen atoms in total. The average molecular weight is 306 g/mol. The van der Waals surface area contributed by atoms with Crippen molar-refractivity contribution in [3.05, 3.63) is 29.3 Å². The number of nitriles is 1. The molecule has 0 radical (unpaired) electrons. The third-order valence-corrected chi connectivity index (χ3v) is 3.54. The number of anilines is 1. The molecule has 2 N–H and O–H groups in total. The molecule has 2 atom stereocenters. The van der Waals surface area contributed by atoms with E-state index in [2.05, 4.69) is 4.84 Å². The fourth-order valence-corrected chi connectivity index (χ4v) is 2.43. The standard InChI is InChI=1S/C12H11ClF3N3O/c13-18-10-3-4-19(11(10)20)8-2-1-7(6-17)9(5-8)12(14,15)16/h1-2,5,10-11,18,20H,3-4H2. The molecule has 8 heteroatoms. The fourth-order valence-electron chi connectivity index (χ4n) is 2.21. The van der Waals surface area contributed by atoms with Gasteiger partial charge in [-0.2, -0.15) is 18.4 Å². The third kappa shape index (κ3) is 2.68. The van der Waals surface area contributed by atoms with Crippen LogP contribution >= 0.6 is 11.8 Å². The summed E-state index contributed by atoms with van der Waals surface area (Å²) in [6, 6.07) is 4.46. The Hall–Kier alpha value is -1.49. The first-order valence-electron chi connectivity index (χ1n) is 5.80. The van der Waals surface area contributed by atoms with Gasteiger partial charge in [-0.05, 0) is 36.4 Å². The predicted molar refractivity (Wildman–Crippen MR) is 66.9 cm³/mol. The summed E-state index contributed by atoms with van der Waals surface area (Å²) in [6.45, 7) is 0.370. The summed E-state index contributed by atoms with van der Waals surface area (Å²) in [7, 11) is 0. The molecule has 1 fully saturated rings. The topological polar surface area (TPSA) is 59.3 Å². The summed E-state index contributed by atoms with van der Waals surface area (Å²) in [5, 5.41) is 18.7. The van der Waals surface area contributed by atoms with Crippen LogP contribution in [0.2, 0.25) is 0 Å². The second kappa shape index (κ2) is 5.48.